The number of hydrogen-bond donors (Lipinski definition) is 0. The quantitative estimate of drug-likeness (QED) is 0.707. The summed E-state index contributed by atoms with van der Waals surface area (Å²) in [4.78, 5) is 29.1. The Hall–Kier alpha value is -2.88. The summed E-state index contributed by atoms with van der Waals surface area (Å²) in [7, 11) is 1.37. The van der Waals surface area contributed by atoms with Crippen LogP contribution in [0.25, 0.3) is 0 Å². The molecule has 0 radical (unpaired) electrons. The monoisotopic (exact) mass is 411 g/mol. The average Bonchev–Trinajstić information content (AvgIpc) is 2.75. The number of benzene rings is 2. The molecule has 2 aromatic carbocycles. The number of carbonyl (C=O) groups is 2. The molecule has 0 aromatic heterocycles. The molecule has 29 heavy (non-hydrogen) atoms. The van der Waals surface area contributed by atoms with Gasteiger partial charge >= 0.3 is 5.97 Å². The van der Waals surface area contributed by atoms with Gasteiger partial charge in [-0.05, 0) is 35.4 Å². The molecular weight excluding hydrogens is 390 g/mol. The molecule has 0 N–H and O–H groups in total. The van der Waals surface area contributed by atoms with Gasteiger partial charge in [-0.1, -0.05) is 35.9 Å². The van der Waals surface area contributed by atoms with E-state index in [1.54, 1.807) is 35.2 Å². The molecule has 150 valence electrons. The third-order valence-electron chi connectivity index (χ3n) is 5.03. The zero-order valence-electron chi connectivity index (χ0n) is 16.2. The standard InChI is InChI=1S/C22H22ClN3O3/c1-29-22(28)20(17-5-7-19(23)8-6-17)25-11-13-26(14-12-25)21(27)18-4-2-3-16(15-18)9-10-24/h2-8,15,20H,9,11-14H2,1H3. The Morgan fingerprint density at radius 3 is 2.45 bits per heavy atom. The van der Waals surface area contributed by atoms with E-state index >= 15 is 0 Å². The largest absolute Gasteiger partial charge is 0.468 e. The summed E-state index contributed by atoms with van der Waals surface area (Å²) >= 11 is 5.97. The number of hydrogen-bond acceptors (Lipinski definition) is 5. The highest BCUT2D eigenvalue weighted by molar-refractivity contribution is 6.30. The minimum atomic E-state index is -0.534. The number of ether oxygens (including phenoxy) is 1. The lowest BCUT2D eigenvalue weighted by Gasteiger charge is -2.38. The number of carbonyl (C=O) groups excluding carboxylic acids is 2. The predicted molar refractivity (Wildman–Crippen MR) is 109 cm³/mol. The first-order valence-corrected chi connectivity index (χ1v) is 9.74. The molecule has 1 fully saturated rings. The highest BCUT2D eigenvalue weighted by Crippen LogP contribution is 2.25. The number of rotatable bonds is 5. The first-order chi connectivity index (χ1) is 14.0. The summed E-state index contributed by atoms with van der Waals surface area (Å²) in [6, 6.07) is 15.9. The number of piperazine rings is 1. The third kappa shape index (κ3) is 4.94. The maximum atomic E-state index is 12.8. The van der Waals surface area contributed by atoms with Crippen LogP contribution in [-0.2, 0) is 16.0 Å². The van der Waals surface area contributed by atoms with E-state index in [-0.39, 0.29) is 18.3 Å². The van der Waals surface area contributed by atoms with E-state index in [2.05, 4.69) is 6.07 Å². The van der Waals surface area contributed by atoms with Crippen LogP contribution in [0.2, 0.25) is 5.02 Å². The van der Waals surface area contributed by atoms with Gasteiger partial charge in [0.25, 0.3) is 5.91 Å². The molecule has 1 unspecified atom stereocenters. The molecule has 6 nitrogen and oxygen atoms in total. The second-order valence-electron chi connectivity index (χ2n) is 6.84. The fraction of sp³-hybridized carbons (Fsp3) is 0.318. The van der Waals surface area contributed by atoms with Crippen molar-refractivity contribution in [3.8, 4) is 6.07 Å². The van der Waals surface area contributed by atoms with Gasteiger partial charge in [-0.3, -0.25) is 9.69 Å². The second kappa shape index (κ2) is 9.55. The molecule has 1 aliphatic rings. The van der Waals surface area contributed by atoms with Crippen LogP contribution < -0.4 is 0 Å². The van der Waals surface area contributed by atoms with Crippen molar-refractivity contribution in [2.24, 2.45) is 0 Å². The van der Waals surface area contributed by atoms with Crippen LogP contribution in [0.4, 0.5) is 0 Å². The Kier molecular flexibility index (Phi) is 6.86. The Bertz CT molecular complexity index is 916. The molecule has 1 amide bonds. The summed E-state index contributed by atoms with van der Waals surface area (Å²) in [5.41, 5.74) is 2.21. The van der Waals surface area contributed by atoms with Gasteiger partial charge in [0.15, 0.2) is 0 Å². The Labute approximate surface area is 175 Å². The van der Waals surface area contributed by atoms with Crippen LogP contribution in [0.5, 0.6) is 0 Å². The fourth-order valence-electron chi connectivity index (χ4n) is 3.52. The van der Waals surface area contributed by atoms with E-state index in [4.69, 9.17) is 21.6 Å². The van der Waals surface area contributed by atoms with Crippen molar-refractivity contribution in [3.05, 3.63) is 70.2 Å². The molecule has 1 atom stereocenters. The summed E-state index contributed by atoms with van der Waals surface area (Å²) in [5.74, 6) is -0.401. The van der Waals surface area contributed by atoms with Crippen LogP contribution in [0, 0.1) is 11.3 Å². The van der Waals surface area contributed by atoms with Gasteiger partial charge in [-0.15, -0.1) is 0 Å². The number of nitriles is 1. The van der Waals surface area contributed by atoms with Crippen molar-refractivity contribution < 1.29 is 14.3 Å². The van der Waals surface area contributed by atoms with Crippen LogP contribution in [-0.4, -0.2) is 55.0 Å². The van der Waals surface area contributed by atoms with Gasteiger partial charge in [0.05, 0.1) is 19.6 Å². The molecule has 3 rings (SSSR count). The van der Waals surface area contributed by atoms with Gasteiger partial charge < -0.3 is 9.64 Å². The van der Waals surface area contributed by atoms with Crippen molar-refractivity contribution in [2.75, 3.05) is 33.3 Å². The van der Waals surface area contributed by atoms with Gasteiger partial charge in [0, 0.05) is 36.8 Å². The maximum absolute atomic E-state index is 12.8. The number of amides is 1. The lowest BCUT2D eigenvalue weighted by molar-refractivity contribution is -0.148. The van der Waals surface area contributed by atoms with E-state index in [1.807, 2.05) is 23.1 Å². The summed E-state index contributed by atoms with van der Waals surface area (Å²) in [6.07, 6.45) is 0.275. The average molecular weight is 412 g/mol. The molecule has 2 aromatic rings. The zero-order chi connectivity index (χ0) is 20.8. The molecule has 7 heteroatoms. The van der Waals surface area contributed by atoms with Crippen molar-refractivity contribution in [2.45, 2.75) is 12.5 Å². The maximum Gasteiger partial charge on any atom is 0.327 e. The molecular formula is C22H22ClN3O3. The van der Waals surface area contributed by atoms with Crippen LogP contribution in [0.1, 0.15) is 27.5 Å². The molecule has 0 spiro atoms. The summed E-state index contributed by atoms with van der Waals surface area (Å²) in [6.45, 7) is 2.10. The molecule has 0 aliphatic carbocycles. The van der Waals surface area contributed by atoms with Gasteiger partial charge in [-0.25, -0.2) is 4.79 Å². The summed E-state index contributed by atoms with van der Waals surface area (Å²) in [5, 5.41) is 9.46. The number of halogens is 1. The first kappa shape index (κ1) is 20.8. The minimum absolute atomic E-state index is 0.0643. The molecule has 1 aliphatic heterocycles. The van der Waals surface area contributed by atoms with E-state index in [1.165, 1.54) is 7.11 Å². The topological polar surface area (TPSA) is 73.6 Å². The normalized spacial score (nSPS) is 15.4. The van der Waals surface area contributed by atoms with E-state index in [9.17, 15) is 9.59 Å². The minimum Gasteiger partial charge on any atom is -0.468 e. The van der Waals surface area contributed by atoms with Gasteiger partial charge in [0.1, 0.15) is 6.04 Å². The number of esters is 1. The van der Waals surface area contributed by atoms with Crippen molar-refractivity contribution in [1.29, 1.82) is 5.26 Å². The van der Waals surface area contributed by atoms with Gasteiger partial charge in [-0.2, -0.15) is 5.26 Å². The molecule has 1 saturated heterocycles. The van der Waals surface area contributed by atoms with Gasteiger partial charge in [0.2, 0.25) is 0 Å². The Balaban J connectivity index is 1.70. The highest BCUT2D eigenvalue weighted by Gasteiger charge is 2.32. The lowest BCUT2D eigenvalue weighted by Crippen LogP contribution is -2.51. The Morgan fingerprint density at radius 2 is 1.83 bits per heavy atom. The van der Waals surface area contributed by atoms with E-state index in [0.29, 0.717) is 36.8 Å². The van der Waals surface area contributed by atoms with E-state index in [0.717, 1.165) is 11.1 Å². The van der Waals surface area contributed by atoms with Crippen molar-refractivity contribution in [3.63, 3.8) is 0 Å². The van der Waals surface area contributed by atoms with Crippen LogP contribution in [0.3, 0.4) is 0 Å². The predicted octanol–water partition coefficient (Wildman–Crippen LogP) is 3.08. The first-order valence-electron chi connectivity index (χ1n) is 9.36. The number of methoxy groups -OCH3 is 1. The fourth-order valence-corrected chi connectivity index (χ4v) is 3.65. The molecule has 0 bridgehead atoms. The lowest BCUT2D eigenvalue weighted by atomic mass is 10.0. The van der Waals surface area contributed by atoms with Crippen LogP contribution in [0.15, 0.2) is 48.5 Å². The van der Waals surface area contributed by atoms with Crippen LogP contribution >= 0.6 is 11.6 Å². The SMILES string of the molecule is COC(=O)C(c1ccc(Cl)cc1)N1CCN(C(=O)c2cccc(CC#N)c2)CC1. The summed E-state index contributed by atoms with van der Waals surface area (Å²) < 4.78 is 5.01. The zero-order valence-corrected chi connectivity index (χ0v) is 16.9. The molecule has 1 heterocycles. The number of nitrogens with zero attached hydrogens (tertiary/aromatic N) is 3. The van der Waals surface area contributed by atoms with E-state index < -0.39 is 6.04 Å². The smallest absolute Gasteiger partial charge is 0.327 e. The third-order valence-corrected chi connectivity index (χ3v) is 5.29. The van der Waals surface area contributed by atoms with Crippen molar-refractivity contribution >= 4 is 23.5 Å². The second-order valence-corrected chi connectivity index (χ2v) is 7.28. The molecule has 0 saturated carbocycles. The Morgan fingerprint density at radius 1 is 1.14 bits per heavy atom. The van der Waals surface area contributed by atoms with Crippen molar-refractivity contribution in [1.82, 2.24) is 9.80 Å². The highest BCUT2D eigenvalue weighted by atomic mass is 35.5.